The first-order valence-corrected chi connectivity index (χ1v) is 5.68. The fraction of sp³-hybridized carbons (Fsp3) is 0.636. The molecule has 88 valence electrons. The zero-order valence-electron chi connectivity index (χ0n) is 9.76. The minimum absolute atomic E-state index is 0.411. The highest BCUT2D eigenvalue weighted by Crippen LogP contribution is 2.05. The maximum atomic E-state index is 5.46. The van der Waals surface area contributed by atoms with Crippen LogP contribution in [-0.4, -0.2) is 53.0 Å². The van der Waals surface area contributed by atoms with E-state index in [1.165, 1.54) is 5.56 Å². The van der Waals surface area contributed by atoms with Gasteiger partial charge >= 0.3 is 0 Å². The first-order chi connectivity index (χ1) is 7.78. The van der Waals surface area contributed by atoms with E-state index in [9.17, 15) is 0 Å². The largest absolute Gasteiger partial charge is 0.324 e. The van der Waals surface area contributed by atoms with E-state index in [2.05, 4.69) is 26.8 Å². The smallest absolute Gasteiger partial charge is 0.141 e. The zero-order valence-corrected chi connectivity index (χ0v) is 9.76. The summed E-state index contributed by atoms with van der Waals surface area (Å²) in [4.78, 5) is 13.2. The lowest BCUT2D eigenvalue weighted by atomic mass is 10.2. The van der Waals surface area contributed by atoms with Gasteiger partial charge in [0.2, 0.25) is 0 Å². The van der Waals surface area contributed by atoms with E-state index < -0.39 is 0 Å². The van der Waals surface area contributed by atoms with Crippen LogP contribution in [0.4, 0.5) is 0 Å². The van der Waals surface area contributed by atoms with Crippen molar-refractivity contribution in [1.29, 1.82) is 0 Å². The lowest BCUT2D eigenvalue weighted by Gasteiger charge is -2.32. The molecule has 0 amide bonds. The van der Waals surface area contributed by atoms with Gasteiger partial charge in [-0.1, -0.05) is 0 Å². The van der Waals surface area contributed by atoms with Gasteiger partial charge in [-0.25, -0.2) is 9.97 Å². The van der Waals surface area contributed by atoms with Crippen molar-refractivity contribution in [2.45, 2.75) is 13.1 Å². The third-order valence-electron chi connectivity index (χ3n) is 2.94. The van der Waals surface area contributed by atoms with E-state index in [1.54, 1.807) is 0 Å². The summed E-state index contributed by atoms with van der Waals surface area (Å²) in [6.45, 7) is 5.88. The van der Waals surface area contributed by atoms with E-state index in [-0.39, 0.29) is 0 Å². The fourth-order valence-corrected chi connectivity index (χ4v) is 1.83. The van der Waals surface area contributed by atoms with Crippen molar-refractivity contribution in [2.24, 2.45) is 5.73 Å². The van der Waals surface area contributed by atoms with Crippen molar-refractivity contribution >= 4 is 0 Å². The highest BCUT2D eigenvalue weighted by Gasteiger charge is 2.13. The molecule has 1 aliphatic rings. The number of rotatable bonds is 3. The molecule has 2 N–H and O–H groups in total. The number of nitrogens with zero attached hydrogens (tertiary/aromatic N) is 4. The second-order valence-corrected chi connectivity index (χ2v) is 4.29. The SMILES string of the molecule is CN1CCN(Cc2cnc(CN)nc2)CC1. The molecule has 0 radical (unpaired) electrons. The van der Waals surface area contributed by atoms with Gasteiger partial charge in [-0.2, -0.15) is 0 Å². The van der Waals surface area contributed by atoms with Gasteiger partial charge in [-0.05, 0) is 7.05 Å². The number of aromatic nitrogens is 2. The van der Waals surface area contributed by atoms with E-state index in [1.807, 2.05) is 12.4 Å². The van der Waals surface area contributed by atoms with Crippen LogP contribution in [0.25, 0.3) is 0 Å². The molecule has 2 heterocycles. The Morgan fingerprint density at radius 3 is 2.38 bits per heavy atom. The van der Waals surface area contributed by atoms with Crippen LogP contribution in [0.2, 0.25) is 0 Å². The Kier molecular flexibility index (Phi) is 3.82. The van der Waals surface area contributed by atoms with Crippen LogP contribution in [-0.2, 0) is 13.1 Å². The van der Waals surface area contributed by atoms with Crippen molar-refractivity contribution in [3.63, 3.8) is 0 Å². The lowest BCUT2D eigenvalue weighted by Crippen LogP contribution is -2.43. The summed E-state index contributed by atoms with van der Waals surface area (Å²) in [5, 5.41) is 0. The second kappa shape index (κ2) is 5.34. The molecule has 1 saturated heterocycles. The van der Waals surface area contributed by atoms with Gasteiger partial charge in [-0.15, -0.1) is 0 Å². The number of hydrogen-bond acceptors (Lipinski definition) is 5. The summed E-state index contributed by atoms with van der Waals surface area (Å²) in [5.74, 6) is 0.710. The van der Waals surface area contributed by atoms with E-state index in [4.69, 9.17) is 5.73 Å². The van der Waals surface area contributed by atoms with E-state index in [0.717, 1.165) is 32.7 Å². The molecule has 0 bridgehead atoms. The van der Waals surface area contributed by atoms with Gasteiger partial charge in [0.05, 0.1) is 6.54 Å². The van der Waals surface area contributed by atoms with E-state index in [0.29, 0.717) is 12.4 Å². The standard InChI is InChI=1S/C11H19N5/c1-15-2-4-16(5-3-15)9-10-7-13-11(6-12)14-8-10/h7-8H,2-6,9,12H2,1H3. The molecule has 1 fully saturated rings. The molecule has 1 aromatic rings. The van der Waals surface area contributed by atoms with Crippen molar-refractivity contribution in [3.8, 4) is 0 Å². The fourth-order valence-electron chi connectivity index (χ4n) is 1.83. The van der Waals surface area contributed by atoms with Crippen LogP contribution in [0.15, 0.2) is 12.4 Å². The quantitative estimate of drug-likeness (QED) is 0.758. The molecule has 0 atom stereocenters. The van der Waals surface area contributed by atoms with E-state index >= 15 is 0 Å². The Hall–Kier alpha value is -1.04. The Morgan fingerprint density at radius 2 is 1.81 bits per heavy atom. The van der Waals surface area contributed by atoms with Crippen LogP contribution in [0.1, 0.15) is 11.4 Å². The van der Waals surface area contributed by atoms with Gasteiger partial charge < -0.3 is 10.6 Å². The molecular formula is C11H19N5. The Morgan fingerprint density at radius 1 is 1.19 bits per heavy atom. The highest BCUT2D eigenvalue weighted by molar-refractivity contribution is 5.05. The van der Waals surface area contributed by atoms with Crippen molar-refractivity contribution in [3.05, 3.63) is 23.8 Å². The predicted molar refractivity (Wildman–Crippen MR) is 62.7 cm³/mol. The average Bonchev–Trinajstić information content (AvgIpc) is 2.33. The molecule has 16 heavy (non-hydrogen) atoms. The number of nitrogens with two attached hydrogens (primary N) is 1. The lowest BCUT2D eigenvalue weighted by molar-refractivity contribution is 0.148. The summed E-state index contributed by atoms with van der Waals surface area (Å²) < 4.78 is 0. The average molecular weight is 221 g/mol. The number of hydrogen-bond donors (Lipinski definition) is 1. The normalized spacial score (nSPS) is 18.9. The van der Waals surface area contributed by atoms with Crippen LogP contribution < -0.4 is 5.73 Å². The molecule has 5 heteroatoms. The minimum Gasteiger partial charge on any atom is -0.324 e. The molecule has 0 aromatic carbocycles. The first kappa shape index (κ1) is 11.4. The maximum absolute atomic E-state index is 5.46. The molecule has 2 rings (SSSR count). The summed E-state index contributed by atoms with van der Waals surface area (Å²) in [5.41, 5.74) is 6.63. The summed E-state index contributed by atoms with van der Waals surface area (Å²) in [6, 6.07) is 0. The zero-order chi connectivity index (χ0) is 11.4. The summed E-state index contributed by atoms with van der Waals surface area (Å²) in [6.07, 6.45) is 3.76. The first-order valence-electron chi connectivity index (χ1n) is 5.68. The Balaban J connectivity index is 1.88. The van der Waals surface area contributed by atoms with Gasteiger partial charge in [0.15, 0.2) is 0 Å². The summed E-state index contributed by atoms with van der Waals surface area (Å²) >= 11 is 0. The van der Waals surface area contributed by atoms with Crippen molar-refractivity contribution < 1.29 is 0 Å². The number of likely N-dealkylation sites (N-methyl/N-ethyl adjacent to an activating group) is 1. The third kappa shape index (κ3) is 2.98. The molecule has 1 aliphatic heterocycles. The third-order valence-corrected chi connectivity index (χ3v) is 2.94. The van der Waals surface area contributed by atoms with Gasteiger partial charge in [-0.3, -0.25) is 4.90 Å². The Labute approximate surface area is 96.3 Å². The molecule has 5 nitrogen and oxygen atoms in total. The topological polar surface area (TPSA) is 58.3 Å². The molecule has 0 saturated carbocycles. The van der Waals surface area contributed by atoms with Crippen LogP contribution in [0.5, 0.6) is 0 Å². The predicted octanol–water partition coefficient (Wildman–Crippen LogP) is -0.317. The van der Waals surface area contributed by atoms with Crippen LogP contribution in [0, 0.1) is 0 Å². The van der Waals surface area contributed by atoms with Gasteiger partial charge in [0, 0.05) is 50.7 Å². The monoisotopic (exact) mass is 221 g/mol. The number of piperazine rings is 1. The molecular weight excluding hydrogens is 202 g/mol. The second-order valence-electron chi connectivity index (χ2n) is 4.29. The summed E-state index contributed by atoms with van der Waals surface area (Å²) in [7, 11) is 2.16. The molecule has 0 spiro atoms. The van der Waals surface area contributed by atoms with Crippen molar-refractivity contribution in [2.75, 3.05) is 33.2 Å². The van der Waals surface area contributed by atoms with Crippen LogP contribution in [0.3, 0.4) is 0 Å². The molecule has 0 unspecified atom stereocenters. The highest BCUT2D eigenvalue weighted by atomic mass is 15.2. The maximum Gasteiger partial charge on any atom is 0.141 e. The molecule has 1 aromatic heterocycles. The van der Waals surface area contributed by atoms with Crippen molar-refractivity contribution in [1.82, 2.24) is 19.8 Å². The Bertz CT molecular complexity index is 316. The van der Waals surface area contributed by atoms with Crippen LogP contribution >= 0.6 is 0 Å². The van der Waals surface area contributed by atoms with Gasteiger partial charge in [0.25, 0.3) is 0 Å². The molecule has 0 aliphatic carbocycles. The van der Waals surface area contributed by atoms with Gasteiger partial charge in [0.1, 0.15) is 5.82 Å². The minimum atomic E-state index is 0.411.